The highest BCUT2D eigenvalue weighted by atomic mass is 28.4. The largest absolute Gasteiger partial charge is 0.405 e. The van der Waals surface area contributed by atoms with Crippen LogP contribution in [0.4, 0.5) is 0 Å². The first-order chi connectivity index (χ1) is 13.8. The maximum atomic E-state index is 13.3. The second kappa shape index (κ2) is 9.35. The van der Waals surface area contributed by atoms with E-state index in [1.807, 2.05) is 67.6 Å². The fourth-order valence-electron chi connectivity index (χ4n) is 4.13. The first-order valence-corrected chi connectivity index (χ1v) is 13.8. The van der Waals surface area contributed by atoms with Crippen molar-refractivity contribution in [3.05, 3.63) is 71.8 Å². The summed E-state index contributed by atoms with van der Waals surface area (Å²) in [5.41, 5.74) is 1.19. The molecule has 2 aromatic rings. The van der Waals surface area contributed by atoms with Crippen molar-refractivity contribution >= 4 is 14.1 Å². The van der Waals surface area contributed by atoms with Gasteiger partial charge in [0.2, 0.25) is 0 Å². The maximum absolute atomic E-state index is 13.3. The van der Waals surface area contributed by atoms with Gasteiger partial charge in [-0.05, 0) is 37.7 Å². The Kier molecular flexibility index (Phi) is 7.06. The van der Waals surface area contributed by atoms with Crippen LogP contribution in [0.1, 0.15) is 30.9 Å². The number of hydrogen-bond acceptors (Lipinski definition) is 4. The van der Waals surface area contributed by atoms with Crippen LogP contribution in [0.15, 0.2) is 60.7 Å². The Morgan fingerprint density at radius 2 is 1.59 bits per heavy atom. The minimum absolute atomic E-state index is 0.0488. The van der Waals surface area contributed by atoms with Gasteiger partial charge in [-0.15, -0.1) is 0 Å². The molecule has 0 amide bonds. The summed E-state index contributed by atoms with van der Waals surface area (Å²) in [5.74, 6) is 0.0488. The van der Waals surface area contributed by atoms with E-state index in [9.17, 15) is 4.79 Å². The van der Waals surface area contributed by atoms with Gasteiger partial charge in [-0.25, -0.2) is 0 Å². The third-order valence-electron chi connectivity index (χ3n) is 5.09. The number of ketones is 1. The van der Waals surface area contributed by atoms with Crippen LogP contribution in [0.2, 0.25) is 19.6 Å². The topological polar surface area (TPSA) is 44.8 Å². The van der Waals surface area contributed by atoms with Gasteiger partial charge in [-0.1, -0.05) is 60.7 Å². The summed E-state index contributed by atoms with van der Waals surface area (Å²) in [7, 11) is -2.02. The lowest BCUT2D eigenvalue weighted by atomic mass is 9.75. The van der Waals surface area contributed by atoms with Gasteiger partial charge in [-0.3, -0.25) is 4.79 Å². The van der Waals surface area contributed by atoms with E-state index in [4.69, 9.17) is 13.9 Å². The predicted octanol–water partition coefficient (Wildman–Crippen LogP) is 5.09. The Morgan fingerprint density at radius 3 is 2.17 bits per heavy atom. The van der Waals surface area contributed by atoms with E-state index in [1.54, 1.807) is 0 Å². The minimum Gasteiger partial charge on any atom is -0.405 e. The second-order valence-corrected chi connectivity index (χ2v) is 13.0. The first-order valence-electron chi connectivity index (χ1n) is 10.4. The zero-order valence-electron chi connectivity index (χ0n) is 17.9. The molecule has 0 aromatic heterocycles. The molecule has 0 saturated heterocycles. The number of hydrogen-bond donors (Lipinski definition) is 0. The van der Waals surface area contributed by atoms with Crippen molar-refractivity contribution in [1.29, 1.82) is 0 Å². The van der Waals surface area contributed by atoms with Crippen molar-refractivity contribution in [2.45, 2.75) is 63.8 Å². The maximum Gasteiger partial charge on any atom is 0.185 e. The van der Waals surface area contributed by atoms with Gasteiger partial charge in [0.1, 0.15) is 11.7 Å². The van der Waals surface area contributed by atoms with Gasteiger partial charge in [0.15, 0.2) is 14.1 Å². The standard InChI is InChI=1S/C24H32O4Si/c1-5-26-21-16-22(25)23(27-18-19-12-8-6-9-13-19)24(17-21,28-29(2,3)4)20-14-10-7-11-15-20/h6-15,21,23H,5,16-18H2,1-4H3/t21-,23-,24-/m1/s1. The van der Waals surface area contributed by atoms with Gasteiger partial charge in [0.05, 0.1) is 12.7 Å². The molecule has 0 unspecified atom stereocenters. The average Bonchev–Trinajstić information content (AvgIpc) is 2.68. The van der Waals surface area contributed by atoms with E-state index < -0.39 is 20.0 Å². The lowest BCUT2D eigenvalue weighted by molar-refractivity contribution is -0.176. The van der Waals surface area contributed by atoms with Crippen molar-refractivity contribution in [2.24, 2.45) is 0 Å². The Labute approximate surface area is 175 Å². The number of Topliss-reactive ketones (excluding diaryl/α,β-unsaturated/α-hetero) is 1. The molecule has 3 atom stereocenters. The van der Waals surface area contributed by atoms with E-state index in [-0.39, 0.29) is 11.9 Å². The summed E-state index contributed by atoms with van der Waals surface area (Å²) in [5, 5.41) is 0. The molecule has 0 aliphatic heterocycles. The Balaban J connectivity index is 2.01. The molecule has 3 rings (SSSR count). The predicted molar refractivity (Wildman–Crippen MR) is 117 cm³/mol. The molecule has 1 fully saturated rings. The minimum atomic E-state index is -2.02. The molecule has 0 N–H and O–H groups in total. The summed E-state index contributed by atoms with van der Waals surface area (Å²) in [6.45, 7) is 9.37. The molecule has 1 aliphatic rings. The lowest BCUT2D eigenvalue weighted by Crippen LogP contribution is -2.58. The average molecular weight is 413 g/mol. The van der Waals surface area contributed by atoms with Crippen molar-refractivity contribution in [3.63, 3.8) is 0 Å². The van der Waals surface area contributed by atoms with Crippen molar-refractivity contribution in [1.82, 2.24) is 0 Å². The highest BCUT2D eigenvalue weighted by Crippen LogP contribution is 2.44. The van der Waals surface area contributed by atoms with Crippen LogP contribution in [-0.2, 0) is 30.9 Å². The van der Waals surface area contributed by atoms with Crippen LogP contribution >= 0.6 is 0 Å². The van der Waals surface area contributed by atoms with Crippen LogP contribution in [0.25, 0.3) is 0 Å². The number of benzene rings is 2. The SMILES string of the molecule is CCO[C@@H]1CC(=O)[C@@H](OCc2ccccc2)[C@](O[Si](C)(C)C)(c2ccccc2)C1. The number of carbonyl (C=O) groups excluding carboxylic acids is 1. The van der Waals surface area contributed by atoms with Gasteiger partial charge in [0, 0.05) is 19.4 Å². The molecule has 1 aliphatic carbocycles. The third kappa shape index (κ3) is 5.42. The Bertz CT molecular complexity index is 788. The van der Waals surface area contributed by atoms with Crippen LogP contribution < -0.4 is 0 Å². The molecule has 0 heterocycles. The number of carbonyl (C=O) groups is 1. The molecule has 0 bridgehead atoms. The highest BCUT2D eigenvalue weighted by Gasteiger charge is 2.53. The number of rotatable bonds is 8. The van der Waals surface area contributed by atoms with Gasteiger partial charge in [-0.2, -0.15) is 0 Å². The van der Waals surface area contributed by atoms with E-state index in [1.165, 1.54) is 0 Å². The van der Waals surface area contributed by atoms with Crippen LogP contribution in [0, 0.1) is 0 Å². The first kappa shape index (κ1) is 21.9. The molecule has 1 saturated carbocycles. The van der Waals surface area contributed by atoms with Crippen molar-refractivity contribution in [2.75, 3.05) is 6.61 Å². The highest BCUT2D eigenvalue weighted by molar-refractivity contribution is 6.69. The van der Waals surface area contributed by atoms with E-state index >= 15 is 0 Å². The van der Waals surface area contributed by atoms with Crippen LogP contribution in [-0.4, -0.2) is 32.9 Å². The fourth-order valence-corrected chi connectivity index (χ4v) is 5.53. The normalized spacial score (nSPS) is 25.2. The zero-order chi connectivity index (χ0) is 20.9. The van der Waals surface area contributed by atoms with Crippen LogP contribution in [0.5, 0.6) is 0 Å². The van der Waals surface area contributed by atoms with E-state index in [2.05, 4.69) is 19.6 Å². The van der Waals surface area contributed by atoms with E-state index in [0.717, 1.165) is 11.1 Å². The van der Waals surface area contributed by atoms with Crippen molar-refractivity contribution in [3.8, 4) is 0 Å². The smallest absolute Gasteiger partial charge is 0.185 e. The van der Waals surface area contributed by atoms with Gasteiger partial charge >= 0.3 is 0 Å². The lowest BCUT2D eigenvalue weighted by Gasteiger charge is -2.48. The van der Waals surface area contributed by atoms with Crippen molar-refractivity contribution < 1.29 is 18.7 Å². The van der Waals surface area contributed by atoms with Gasteiger partial charge in [0.25, 0.3) is 0 Å². The summed E-state index contributed by atoms with van der Waals surface area (Å²) < 4.78 is 19.0. The second-order valence-electron chi connectivity index (χ2n) is 8.60. The molecule has 5 heteroatoms. The molecular weight excluding hydrogens is 380 g/mol. The zero-order valence-corrected chi connectivity index (χ0v) is 18.9. The number of ether oxygens (including phenoxy) is 2. The Hall–Kier alpha value is -1.79. The molecular formula is C24H32O4Si. The summed E-state index contributed by atoms with van der Waals surface area (Å²) in [4.78, 5) is 13.3. The quantitative estimate of drug-likeness (QED) is 0.567. The third-order valence-corrected chi connectivity index (χ3v) is 6.06. The summed E-state index contributed by atoms with van der Waals surface area (Å²) >= 11 is 0. The molecule has 0 radical (unpaired) electrons. The Morgan fingerprint density at radius 1 is 0.966 bits per heavy atom. The molecule has 29 heavy (non-hydrogen) atoms. The molecule has 0 spiro atoms. The molecule has 2 aromatic carbocycles. The fraction of sp³-hybridized carbons (Fsp3) is 0.458. The monoisotopic (exact) mass is 412 g/mol. The molecule has 4 nitrogen and oxygen atoms in total. The van der Waals surface area contributed by atoms with Crippen LogP contribution in [0.3, 0.4) is 0 Å². The summed E-state index contributed by atoms with van der Waals surface area (Å²) in [6.07, 6.45) is 0.145. The molecule has 156 valence electrons. The summed E-state index contributed by atoms with van der Waals surface area (Å²) in [6, 6.07) is 20.0. The van der Waals surface area contributed by atoms with E-state index in [0.29, 0.717) is 26.1 Å². The van der Waals surface area contributed by atoms with Gasteiger partial charge < -0.3 is 13.9 Å².